The van der Waals surface area contributed by atoms with Crippen molar-refractivity contribution in [1.29, 1.82) is 0 Å². The minimum absolute atomic E-state index is 0.319. The first kappa shape index (κ1) is 16.3. The van der Waals surface area contributed by atoms with E-state index in [1.807, 2.05) is 13.8 Å². The highest BCUT2D eigenvalue weighted by Gasteiger charge is 2.33. The topological polar surface area (TPSA) is 35.5 Å². The van der Waals surface area contributed by atoms with Crippen molar-refractivity contribution < 1.29 is 5.11 Å². The summed E-state index contributed by atoms with van der Waals surface area (Å²) in [5, 5.41) is 13.5. The van der Waals surface area contributed by atoms with Crippen LogP contribution in [-0.4, -0.2) is 36.2 Å². The van der Waals surface area contributed by atoms with Gasteiger partial charge >= 0.3 is 0 Å². The molecule has 3 heteroatoms. The van der Waals surface area contributed by atoms with Gasteiger partial charge in [-0.3, -0.25) is 0 Å². The van der Waals surface area contributed by atoms with Crippen LogP contribution in [0.3, 0.4) is 0 Å². The summed E-state index contributed by atoms with van der Waals surface area (Å²) in [6.07, 6.45) is 6.65. The van der Waals surface area contributed by atoms with E-state index < -0.39 is 0 Å². The van der Waals surface area contributed by atoms with Crippen LogP contribution in [0.5, 0.6) is 5.75 Å². The molecular formula is C18H30N2O. The number of nitrogens with one attached hydrogen (secondary N) is 1. The zero-order valence-corrected chi connectivity index (χ0v) is 14.0. The molecule has 1 aliphatic carbocycles. The fraction of sp³-hybridized carbons (Fsp3) is 0.667. The number of aromatic hydroxyl groups is 1. The van der Waals surface area contributed by atoms with Crippen molar-refractivity contribution in [3.05, 3.63) is 28.8 Å². The summed E-state index contributed by atoms with van der Waals surface area (Å²) in [4.78, 5) is 2.41. The Morgan fingerprint density at radius 2 is 1.67 bits per heavy atom. The second-order valence-electron chi connectivity index (χ2n) is 6.86. The molecule has 0 bridgehead atoms. The van der Waals surface area contributed by atoms with Crippen LogP contribution in [0.25, 0.3) is 0 Å². The lowest BCUT2D eigenvalue weighted by atomic mass is 9.80. The van der Waals surface area contributed by atoms with E-state index in [9.17, 15) is 5.11 Å². The van der Waals surface area contributed by atoms with E-state index in [4.69, 9.17) is 0 Å². The predicted octanol–water partition coefficient (Wildman–Crippen LogP) is 3.36. The maximum atomic E-state index is 9.85. The first-order valence-electron chi connectivity index (χ1n) is 8.12. The summed E-state index contributed by atoms with van der Waals surface area (Å²) in [6.45, 7) is 5.85. The Bertz CT molecular complexity index is 453. The smallest absolute Gasteiger partial charge is 0.121 e. The molecule has 118 valence electrons. The molecule has 0 saturated heterocycles. The third kappa shape index (κ3) is 3.78. The van der Waals surface area contributed by atoms with E-state index in [2.05, 4.69) is 36.4 Å². The van der Waals surface area contributed by atoms with Crippen molar-refractivity contribution in [2.24, 2.45) is 0 Å². The van der Waals surface area contributed by atoms with Crippen molar-refractivity contribution in [2.75, 3.05) is 20.6 Å². The molecule has 1 fully saturated rings. The van der Waals surface area contributed by atoms with Gasteiger partial charge in [-0.1, -0.05) is 31.4 Å². The molecule has 1 aromatic carbocycles. The molecule has 1 saturated carbocycles. The summed E-state index contributed by atoms with van der Waals surface area (Å²) in [6, 6.07) is 4.16. The summed E-state index contributed by atoms with van der Waals surface area (Å²) < 4.78 is 0. The van der Waals surface area contributed by atoms with Gasteiger partial charge in [0.05, 0.1) is 0 Å². The van der Waals surface area contributed by atoms with Crippen molar-refractivity contribution in [2.45, 2.75) is 58.0 Å². The number of likely N-dealkylation sites (N-methyl/N-ethyl adjacent to an activating group) is 1. The molecule has 0 radical (unpaired) electrons. The van der Waals surface area contributed by atoms with Gasteiger partial charge in [0.1, 0.15) is 5.75 Å². The minimum Gasteiger partial charge on any atom is -0.507 e. The van der Waals surface area contributed by atoms with Crippen molar-refractivity contribution in [1.82, 2.24) is 10.2 Å². The number of phenols is 1. The Morgan fingerprint density at radius 3 is 2.19 bits per heavy atom. The summed E-state index contributed by atoms with van der Waals surface area (Å²) in [7, 11) is 4.42. The lowest BCUT2D eigenvalue weighted by Gasteiger charge is -2.43. The second kappa shape index (κ2) is 6.80. The monoisotopic (exact) mass is 290 g/mol. The molecule has 2 N–H and O–H groups in total. The normalized spacial score (nSPS) is 18.1. The Labute approximate surface area is 129 Å². The van der Waals surface area contributed by atoms with Crippen LogP contribution < -0.4 is 5.32 Å². The average Bonchev–Trinajstić information content (AvgIpc) is 2.45. The average molecular weight is 290 g/mol. The lowest BCUT2D eigenvalue weighted by Crippen LogP contribution is -2.52. The predicted molar refractivity (Wildman–Crippen MR) is 88.8 cm³/mol. The summed E-state index contributed by atoms with van der Waals surface area (Å²) in [5.74, 6) is 0.427. The molecule has 0 heterocycles. The van der Waals surface area contributed by atoms with Gasteiger partial charge < -0.3 is 15.3 Å². The molecule has 1 aromatic rings. The van der Waals surface area contributed by atoms with E-state index in [-0.39, 0.29) is 0 Å². The molecule has 0 unspecified atom stereocenters. The number of nitrogens with zero attached hydrogens (tertiary/aromatic N) is 1. The SMILES string of the molecule is Cc1cc(CNCC2(N(C)C)CCCCC2)cc(C)c1O. The van der Waals surface area contributed by atoms with Crippen molar-refractivity contribution in [3.8, 4) is 5.75 Å². The Balaban J connectivity index is 1.96. The first-order chi connectivity index (χ1) is 9.94. The third-order valence-electron chi connectivity index (χ3n) is 5.07. The van der Waals surface area contributed by atoms with Crippen molar-refractivity contribution >= 4 is 0 Å². The van der Waals surface area contributed by atoms with Gasteiger partial charge in [-0.25, -0.2) is 0 Å². The van der Waals surface area contributed by atoms with Crippen LogP contribution in [0, 0.1) is 13.8 Å². The highest BCUT2D eigenvalue weighted by molar-refractivity contribution is 5.42. The van der Waals surface area contributed by atoms with Gasteiger partial charge in [0.2, 0.25) is 0 Å². The minimum atomic E-state index is 0.319. The number of hydrogen-bond acceptors (Lipinski definition) is 3. The highest BCUT2D eigenvalue weighted by Crippen LogP contribution is 2.31. The number of hydrogen-bond donors (Lipinski definition) is 2. The first-order valence-corrected chi connectivity index (χ1v) is 8.12. The summed E-state index contributed by atoms with van der Waals surface area (Å²) in [5.41, 5.74) is 3.50. The highest BCUT2D eigenvalue weighted by atomic mass is 16.3. The van der Waals surface area contributed by atoms with E-state index in [1.165, 1.54) is 37.7 Å². The fourth-order valence-electron chi connectivity index (χ4n) is 3.58. The van der Waals surface area contributed by atoms with Crippen LogP contribution in [0.2, 0.25) is 0 Å². The standard InChI is InChI=1S/C18H30N2O/c1-14-10-16(11-15(2)17(14)21)12-19-13-18(20(3)4)8-6-5-7-9-18/h10-11,19,21H,5-9,12-13H2,1-4H3. The van der Waals surface area contributed by atoms with E-state index in [1.54, 1.807) is 0 Å². The van der Waals surface area contributed by atoms with Gasteiger partial charge in [0.15, 0.2) is 0 Å². The van der Waals surface area contributed by atoms with E-state index >= 15 is 0 Å². The van der Waals surface area contributed by atoms with E-state index in [0.717, 1.165) is 24.2 Å². The van der Waals surface area contributed by atoms with Crippen LogP contribution in [0.1, 0.15) is 48.8 Å². The van der Waals surface area contributed by atoms with Crippen LogP contribution in [0.15, 0.2) is 12.1 Å². The Morgan fingerprint density at radius 1 is 1.10 bits per heavy atom. The lowest BCUT2D eigenvalue weighted by molar-refractivity contribution is 0.0984. The van der Waals surface area contributed by atoms with Crippen LogP contribution in [0.4, 0.5) is 0 Å². The molecule has 1 aliphatic rings. The Hall–Kier alpha value is -1.06. The van der Waals surface area contributed by atoms with Crippen LogP contribution >= 0.6 is 0 Å². The van der Waals surface area contributed by atoms with Crippen LogP contribution in [-0.2, 0) is 6.54 Å². The molecule has 0 aromatic heterocycles. The largest absolute Gasteiger partial charge is 0.507 e. The van der Waals surface area contributed by atoms with Crippen molar-refractivity contribution in [3.63, 3.8) is 0 Å². The number of rotatable bonds is 5. The molecular weight excluding hydrogens is 260 g/mol. The molecule has 21 heavy (non-hydrogen) atoms. The third-order valence-corrected chi connectivity index (χ3v) is 5.07. The van der Waals surface area contributed by atoms with E-state index in [0.29, 0.717) is 11.3 Å². The van der Waals surface area contributed by atoms with Gasteiger partial charge in [-0.2, -0.15) is 0 Å². The molecule has 0 aliphatic heterocycles. The van der Waals surface area contributed by atoms with Gasteiger partial charge in [-0.05, 0) is 57.5 Å². The molecule has 2 rings (SSSR count). The summed E-state index contributed by atoms with van der Waals surface area (Å²) >= 11 is 0. The number of aryl methyl sites for hydroxylation is 2. The number of phenolic OH excluding ortho intramolecular Hbond substituents is 1. The Kier molecular flexibility index (Phi) is 5.28. The van der Waals surface area contributed by atoms with Gasteiger partial charge in [0, 0.05) is 18.6 Å². The maximum Gasteiger partial charge on any atom is 0.121 e. The zero-order chi connectivity index (χ0) is 15.5. The van der Waals surface area contributed by atoms with Gasteiger partial charge in [0.25, 0.3) is 0 Å². The molecule has 0 atom stereocenters. The quantitative estimate of drug-likeness (QED) is 0.873. The fourth-order valence-corrected chi connectivity index (χ4v) is 3.58. The second-order valence-corrected chi connectivity index (χ2v) is 6.86. The zero-order valence-electron chi connectivity index (χ0n) is 14.0. The van der Waals surface area contributed by atoms with Gasteiger partial charge in [-0.15, -0.1) is 0 Å². The maximum absolute atomic E-state index is 9.85. The molecule has 0 spiro atoms. The molecule has 3 nitrogen and oxygen atoms in total. The number of benzene rings is 1. The molecule has 0 amide bonds.